The molecule has 2 aromatic rings. The molecule has 10 heteroatoms. The van der Waals surface area contributed by atoms with E-state index in [4.69, 9.17) is 16.3 Å². The van der Waals surface area contributed by atoms with Gasteiger partial charge in [-0.1, -0.05) is 17.7 Å². The summed E-state index contributed by atoms with van der Waals surface area (Å²) in [5.41, 5.74) is 1.27. The molecule has 9 nitrogen and oxygen atoms in total. The van der Waals surface area contributed by atoms with Crippen LogP contribution in [0.15, 0.2) is 24.4 Å². The van der Waals surface area contributed by atoms with Crippen LogP contribution in [0.1, 0.15) is 54.4 Å². The first-order valence-electron chi connectivity index (χ1n) is 11.8. The zero-order valence-corrected chi connectivity index (χ0v) is 20.1. The van der Waals surface area contributed by atoms with Crippen LogP contribution >= 0.6 is 11.6 Å². The van der Waals surface area contributed by atoms with Crippen LogP contribution in [0.25, 0.3) is 0 Å². The number of nitrogens with zero attached hydrogens (tertiary/aromatic N) is 3. The molecule has 2 fully saturated rings. The number of amides is 1. The van der Waals surface area contributed by atoms with Gasteiger partial charge in [0.15, 0.2) is 0 Å². The monoisotopic (exact) mass is 489 g/mol. The number of aliphatic hydroxyl groups is 2. The summed E-state index contributed by atoms with van der Waals surface area (Å²) in [7, 11) is 1.57. The molecule has 2 aliphatic rings. The fourth-order valence-corrected chi connectivity index (χ4v) is 4.87. The van der Waals surface area contributed by atoms with Gasteiger partial charge in [-0.05, 0) is 56.2 Å². The lowest BCUT2D eigenvalue weighted by atomic mass is 9.93. The maximum atomic E-state index is 13.1. The van der Waals surface area contributed by atoms with E-state index in [1.165, 1.54) is 0 Å². The molecule has 1 amide bonds. The molecule has 0 spiro atoms. The minimum absolute atomic E-state index is 0.0150. The van der Waals surface area contributed by atoms with Crippen molar-refractivity contribution in [2.75, 3.05) is 30.5 Å². The van der Waals surface area contributed by atoms with Crippen molar-refractivity contribution in [1.29, 1.82) is 0 Å². The molecule has 1 aromatic heterocycles. The van der Waals surface area contributed by atoms with Gasteiger partial charge in [-0.15, -0.1) is 0 Å². The van der Waals surface area contributed by atoms with E-state index < -0.39 is 0 Å². The molecular weight excluding hydrogens is 458 g/mol. The maximum absolute atomic E-state index is 13.1. The fraction of sp³-hybridized carbons (Fsp3) is 0.542. The molecule has 1 atom stereocenters. The summed E-state index contributed by atoms with van der Waals surface area (Å²) in [4.78, 5) is 24.3. The molecule has 34 heavy (non-hydrogen) atoms. The number of benzene rings is 1. The van der Waals surface area contributed by atoms with E-state index in [1.54, 1.807) is 19.4 Å². The number of halogens is 1. The summed E-state index contributed by atoms with van der Waals surface area (Å²) in [5.74, 6) is 1.26. The van der Waals surface area contributed by atoms with Crippen LogP contribution in [0.5, 0.6) is 5.75 Å². The summed E-state index contributed by atoms with van der Waals surface area (Å²) in [5, 5.41) is 26.3. The molecule has 1 saturated heterocycles. The Bertz CT molecular complexity index is 999. The number of anilines is 2. The Hall–Kier alpha value is -2.62. The third kappa shape index (κ3) is 5.71. The highest BCUT2D eigenvalue weighted by Crippen LogP contribution is 2.27. The Balaban J connectivity index is 1.55. The Morgan fingerprint density at radius 3 is 2.76 bits per heavy atom. The highest BCUT2D eigenvalue weighted by molar-refractivity contribution is 6.32. The minimum Gasteiger partial charge on any atom is -0.495 e. The van der Waals surface area contributed by atoms with Gasteiger partial charge in [0.25, 0.3) is 5.91 Å². The first-order valence-corrected chi connectivity index (χ1v) is 12.2. The van der Waals surface area contributed by atoms with Crippen molar-refractivity contribution in [2.24, 2.45) is 0 Å². The van der Waals surface area contributed by atoms with Gasteiger partial charge in [0.05, 0.1) is 30.9 Å². The Labute approximate surface area is 204 Å². The largest absolute Gasteiger partial charge is 0.495 e. The number of ether oxygens (including phenoxy) is 1. The summed E-state index contributed by atoms with van der Waals surface area (Å²) in [6, 6.07) is 5.49. The summed E-state index contributed by atoms with van der Waals surface area (Å²) < 4.78 is 5.22. The summed E-state index contributed by atoms with van der Waals surface area (Å²) in [6.45, 7) is 1.19. The van der Waals surface area contributed by atoms with Crippen molar-refractivity contribution in [3.8, 4) is 5.75 Å². The van der Waals surface area contributed by atoms with Crippen LogP contribution in [0.4, 0.5) is 11.8 Å². The molecule has 1 aliphatic heterocycles. The molecular formula is C24H32ClN5O4. The predicted molar refractivity (Wildman–Crippen MR) is 131 cm³/mol. The van der Waals surface area contributed by atoms with Crippen molar-refractivity contribution in [3.05, 3.63) is 40.5 Å². The van der Waals surface area contributed by atoms with Crippen molar-refractivity contribution >= 4 is 29.3 Å². The number of rotatable bonds is 8. The number of methoxy groups -OCH3 is 1. The van der Waals surface area contributed by atoms with Crippen molar-refractivity contribution in [2.45, 2.75) is 63.3 Å². The van der Waals surface area contributed by atoms with E-state index in [0.717, 1.165) is 37.8 Å². The molecule has 184 valence electrons. The molecule has 0 bridgehead atoms. The minimum atomic E-state index is -0.288. The zero-order chi connectivity index (χ0) is 24.1. The van der Waals surface area contributed by atoms with Crippen LogP contribution in [-0.2, 0) is 6.54 Å². The van der Waals surface area contributed by atoms with Crippen LogP contribution in [0, 0.1) is 0 Å². The molecule has 0 radical (unpaired) electrons. The van der Waals surface area contributed by atoms with Gasteiger partial charge in [0, 0.05) is 25.3 Å². The number of aromatic nitrogens is 2. The van der Waals surface area contributed by atoms with Crippen molar-refractivity contribution < 1.29 is 19.7 Å². The SMILES string of the molecule is COc1ccc(CNc2nc(N3CCC[C@H]3CO)ncc2C(=O)N[C@H]2CC[C@H](O)CC2)cc1Cl. The Morgan fingerprint density at radius 1 is 1.26 bits per heavy atom. The number of nitrogens with one attached hydrogen (secondary N) is 2. The third-order valence-corrected chi connectivity index (χ3v) is 6.87. The van der Waals surface area contributed by atoms with Crippen LogP contribution in [0.3, 0.4) is 0 Å². The van der Waals surface area contributed by atoms with Crippen LogP contribution < -0.4 is 20.3 Å². The average molecular weight is 490 g/mol. The van der Waals surface area contributed by atoms with Gasteiger partial charge < -0.3 is 30.5 Å². The molecule has 1 aliphatic carbocycles. The van der Waals surface area contributed by atoms with E-state index in [0.29, 0.717) is 47.5 Å². The summed E-state index contributed by atoms with van der Waals surface area (Å²) in [6.07, 6.45) is 5.94. The van der Waals surface area contributed by atoms with E-state index >= 15 is 0 Å². The van der Waals surface area contributed by atoms with Gasteiger partial charge in [-0.3, -0.25) is 4.79 Å². The number of carbonyl (C=O) groups is 1. The zero-order valence-electron chi connectivity index (χ0n) is 19.3. The van der Waals surface area contributed by atoms with Crippen LogP contribution in [0.2, 0.25) is 5.02 Å². The van der Waals surface area contributed by atoms with Gasteiger partial charge in [0.1, 0.15) is 17.1 Å². The average Bonchev–Trinajstić information content (AvgIpc) is 3.33. The summed E-state index contributed by atoms with van der Waals surface area (Å²) >= 11 is 6.26. The van der Waals surface area contributed by atoms with E-state index in [-0.39, 0.29) is 30.7 Å². The maximum Gasteiger partial charge on any atom is 0.256 e. The predicted octanol–water partition coefficient (Wildman–Crippen LogP) is 2.75. The van der Waals surface area contributed by atoms with E-state index in [1.807, 2.05) is 17.0 Å². The van der Waals surface area contributed by atoms with Gasteiger partial charge in [-0.25, -0.2) is 4.98 Å². The van der Waals surface area contributed by atoms with Gasteiger partial charge >= 0.3 is 0 Å². The number of hydrogen-bond donors (Lipinski definition) is 4. The standard InChI is InChI=1S/C24H32ClN5O4/c1-34-21-9-4-15(11-20(21)25)12-26-22-19(23(33)28-16-5-7-18(32)8-6-16)13-27-24(29-22)30-10-2-3-17(30)14-31/h4,9,11,13,16-18,31-32H,2-3,5-8,10,12,14H2,1H3,(H,28,33)(H,26,27,29)/t16-,17-,18-/m0/s1. The third-order valence-electron chi connectivity index (χ3n) is 6.57. The molecule has 1 saturated carbocycles. The Kier molecular flexibility index (Phi) is 8.07. The molecule has 4 rings (SSSR count). The molecule has 1 aromatic carbocycles. The second-order valence-corrected chi connectivity index (χ2v) is 9.31. The highest BCUT2D eigenvalue weighted by Gasteiger charge is 2.28. The van der Waals surface area contributed by atoms with E-state index in [9.17, 15) is 15.0 Å². The first-order chi connectivity index (χ1) is 16.5. The number of carbonyl (C=O) groups excluding carboxylic acids is 1. The quantitative estimate of drug-likeness (QED) is 0.447. The van der Waals surface area contributed by atoms with E-state index in [2.05, 4.69) is 20.6 Å². The fourth-order valence-electron chi connectivity index (χ4n) is 4.59. The first kappa shape index (κ1) is 24.5. The topological polar surface area (TPSA) is 120 Å². The lowest BCUT2D eigenvalue weighted by molar-refractivity contribution is 0.0867. The second-order valence-electron chi connectivity index (χ2n) is 8.91. The van der Waals surface area contributed by atoms with Crippen molar-refractivity contribution in [1.82, 2.24) is 15.3 Å². The van der Waals surface area contributed by atoms with Gasteiger partial charge in [0.2, 0.25) is 5.95 Å². The van der Waals surface area contributed by atoms with Crippen molar-refractivity contribution in [3.63, 3.8) is 0 Å². The molecule has 0 unspecified atom stereocenters. The van der Waals surface area contributed by atoms with Gasteiger partial charge in [-0.2, -0.15) is 4.98 Å². The number of hydrogen-bond acceptors (Lipinski definition) is 8. The molecule has 2 heterocycles. The number of aliphatic hydroxyl groups excluding tert-OH is 2. The smallest absolute Gasteiger partial charge is 0.256 e. The highest BCUT2D eigenvalue weighted by atomic mass is 35.5. The van der Waals surface area contributed by atoms with Crippen LogP contribution in [-0.4, -0.2) is 64.5 Å². The molecule has 4 N–H and O–H groups in total. The second kappa shape index (κ2) is 11.2. The normalized spacial score (nSPS) is 22.5. The Morgan fingerprint density at radius 2 is 2.06 bits per heavy atom. The lowest BCUT2D eigenvalue weighted by Gasteiger charge is -2.27. The lowest BCUT2D eigenvalue weighted by Crippen LogP contribution is -2.39.